The lowest BCUT2D eigenvalue weighted by molar-refractivity contribution is 0.436. The van der Waals surface area contributed by atoms with Gasteiger partial charge in [0.2, 0.25) is 0 Å². The first-order valence-electron chi connectivity index (χ1n) is 22.2. The standard InChI is InChI=1S/C61H40N2OS/c1-4-19-41(20-5-1)50-39-44(62(42-21-6-2-7-22-42)43-23-8-3-9-24-43)35-37-55(50)63(56-32-18-28-49-48-27-12-17-34-59(48)65-60(49)56)45-36-38-58-54(40-45)61(53-31-15-16-33-57(53)64-58)51-29-13-10-25-46(51)47-26-11-14-30-52(47)61/h1-40H. The molecule has 13 rings (SSSR count). The molecule has 1 spiro atoms. The third-order valence-corrected chi connectivity index (χ3v) is 14.5. The molecule has 11 aromatic rings. The fraction of sp³-hybridized carbons (Fsp3) is 0.0164. The van der Waals surface area contributed by atoms with Crippen LogP contribution in [0, 0.1) is 0 Å². The van der Waals surface area contributed by atoms with Crippen LogP contribution in [-0.2, 0) is 5.41 Å². The second-order valence-corrected chi connectivity index (χ2v) is 17.8. The Bertz CT molecular complexity index is 3510. The molecule has 0 N–H and O–H groups in total. The number of ether oxygens (including phenoxy) is 1. The molecule has 1 aliphatic carbocycles. The zero-order valence-electron chi connectivity index (χ0n) is 35.3. The first-order chi connectivity index (χ1) is 32.3. The van der Waals surface area contributed by atoms with Crippen molar-refractivity contribution < 1.29 is 4.74 Å². The van der Waals surface area contributed by atoms with Crippen LogP contribution >= 0.6 is 11.3 Å². The van der Waals surface area contributed by atoms with Crippen molar-refractivity contribution in [1.29, 1.82) is 0 Å². The second kappa shape index (κ2) is 15.0. The van der Waals surface area contributed by atoms with Gasteiger partial charge in [-0.2, -0.15) is 0 Å². The summed E-state index contributed by atoms with van der Waals surface area (Å²) in [5.41, 5.74) is 15.4. The van der Waals surface area contributed by atoms with Crippen LogP contribution in [0.3, 0.4) is 0 Å². The highest BCUT2D eigenvalue weighted by molar-refractivity contribution is 7.26. The van der Waals surface area contributed by atoms with E-state index in [1.807, 2.05) is 11.3 Å². The van der Waals surface area contributed by atoms with Crippen LogP contribution in [0.1, 0.15) is 22.3 Å². The quantitative estimate of drug-likeness (QED) is 0.159. The summed E-state index contributed by atoms with van der Waals surface area (Å²) in [5.74, 6) is 1.74. The third kappa shape index (κ3) is 5.74. The lowest BCUT2D eigenvalue weighted by atomic mass is 9.66. The van der Waals surface area contributed by atoms with Gasteiger partial charge in [-0.05, 0) is 107 Å². The van der Waals surface area contributed by atoms with E-state index < -0.39 is 5.41 Å². The Morgan fingerprint density at radius 1 is 0.338 bits per heavy atom. The van der Waals surface area contributed by atoms with Crippen LogP contribution in [0.15, 0.2) is 243 Å². The molecule has 0 saturated carbocycles. The molecule has 0 saturated heterocycles. The van der Waals surface area contributed by atoms with Crippen molar-refractivity contribution in [3.63, 3.8) is 0 Å². The van der Waals surface area contributed by atoms with Crippen LogP contribution in [-0.4, -0.2) is 0 Å². The van der Waals surface area contributed by atoms with Gasteiger partial charge in [0.1, 0.15) is 11.5 Å². The maximum Gasteiger partial charge on any atom is 0.132 e. The van der Waals surface area contributed by atoms with Gasteiger partial charge in [-0.3, -0.25) is 0 Å². The molecule has 0 atom stereocenters. The van der Waals surface area contributed by atoms with E-state index in [9.17, 15) is 0 Å². The largest absolute Gasteiger partial charge is 0.457 e. The monoisotopic (exact) mass is 848 g/mol. The molecule has 0 unspecified atom stereocenters. The summed E-state index contributed by atoms with van der Waals surface area (Å²) in [4.78, 5) is 4.85. The van der Waals surface area contributed by atoms with Gasteiger partial charge in [-0.1, -0.05) is 164 Å². The molecule has 2 aliphatic rings. The Balaban J connectivity index is 1.11. The van der Waals surface area contributed by atoms with Gasteiger partial charge in [-0.25, -0.2) is 0 Å². The minimum atomic E-state index is -0.610. The summed E-state index contributed by atoms with van der Waals surface area (Å²) in [6.07, 6.45) is 0. The number of rotatable bonds is 7. The molecule has 0 amide bonds. The first kappa shape index (κ1) is 37.4. The van der Waals surface area contributed by atoms with Gasteiger partial charge in [0, 0.05) is 54.9 Å². The van der Waals surface area contributed by atoms with Crippen molar-refractivity contribution in [3.8, 4) is 33.8 Å². The van der Waals surface area contributed by atoms with E-state index in [4.69, 9.17) is 4.74 Å². The predicted octanol–water partition coefficient (Wildman–Crippen LogP) is 17.1. The average Bonchev–Trinajstić information content (AvgIpc) is 3.90. The molecule has 10 aromatic carbocycles. The van der Waals surface area contributed by atoms with Crippen LogP contribution < -0.4 is 14.5 Å². The SMILES string of the molecule is c1ccc(-c2cc(N(c3ccccc3)c3ccccc3)ccc2N(c2ccc3c(c2)C2(c4ccccc4O3)c3ccccc3-c3ccccc32)c2cccc3c2sc2ccccc23)cc1. The number of anilines is 6. The second-order valence-electron chi connectivity index (χ2n) is 16.8. The number of fused-ring (bicyclic) bond motifs is 12. The molecule has 3 nitrogen and oxygen atoms in total. The maximum atomic E-state index is 6.95. The maximum absolute atomic E-state index is 6.95. The summed E-state index contributed by atoms with van der Waals surface area (Å²) in [6, 6.07) is 88.1. The highest BCUT2D eigenvalue weighted by Crippen LogP contribution is 2.63. The fourth-order valence-electron chi connectivity index (χ4n) is 10.6. The Morgan fingerprint density at radius 3 is 1.62 bits per heavy atom. The topological polar surface area (TPSA) is 15.7 Å². The van der Waals surface area contributed by atoms with E-state index in [2.05, 4.69) is 252 Å². The van der Waals surface area contributed by atoms with Gasteiger partial charge in [0.15, 0.2) is 0 Å². The van der Waals surface area contributed by atoms with Crippen LogP contribution in [0.25, 0.3) is 42.4 Å². The summed E-state index contributed by atoms with van der Waals surface area (Å²) in [6.45, 7) is 0. The van der Waals surface area contributed by atoms with Gasteiger partial charge in [0.05, 0.1) is 21.5 Å². The smallest absolute Gasteiger partial charge is 0.132 e. The fourth-order valence-corrected chi connectivity index (χ4v) is 11.8. The number of thiophene rings is 1. The summed E-state index contributed by atoms with van der Waals surface area (Å²) in [7, 11) is 0. The minimum absolute atomic E-state index is 0.610. The zero-order valence-corrected chi connectivity index (χ0v) is 36.1. The average molecular weight is 849 g/mol. The lowest BCUT2D eigenvalue weighted by Crippen LogP contribution is -2.32. The molecule has 1 aromatic heterocycles. The van der Waals surface area contributed by atoms with E-state index in [0.29, 0.717) is 0 Å². The van der Waals surface area contributed by atoms with Crippen molar-refractivity contribution in [2.24, 2.45) is 0 Å². The van der Waals surface area contributed by atoms with E-state index in [-0.39, 0.29) is 0 Å². The van der Waals surface area contributed by atoms with E-state index in [1.54, 1.807) is 0 Å². The molecule has 306 valence electrons. The van der Waals surface area contributed by atoms with Gasteiger partial charge in [-0.15, -0.1) is 11.3 Å². The van der Waals surface area contributed by atoms with Crippen molar-refractivity contribution in [1.82, 2.24) is 0 Å². The van der Waals surface area contributed by atoms with Gasteiger partial charge >= 0.3 is 0 Å². The Hall–Kier alpha value is -8.18. The molecule has 0 fully saturated rings. The number of para-hydroxylation sites is 3. The van der Waals surface area contributed by atoms with E-state index in [1.165, 1.54) is 42.4 Å². The number of benzene rings is 10. The number of hydrogen-bond donors (Lipinski definition) is 0. The van der Waals surface area contributed by atoms with E-state index in [0.717, 1.165) is 67.9 Å². The summed E-state index contributed by atoms with van der Waals surface area (Å²) in [5, 5.41) is 2.51. The molecule has 0 radical (unpaired) electrons. The van der Waals surface area contributed by atoms with Crippen LogP contribution in [0.4, 0.5) is 34.1 Å². The highest BCUT2D eigenvalue weighted by atomic mass is 32.1. The van der Waals surface area contributed by atoms with Gasteiger partial charge < -0.3 is 14.5 Å². The summed E-state index contributed by atoms with van der Waals surface area (Å²) >= 11 is 1.86. The number of hydrogen-bond acceptors (Lipinski definition) is 4. The molecule has 2 heterocycles. The first-order valence-corrected chi connectivity index (χ1v) is 23.0. The zero-order chi connectivity index (χ0) is 42.9. The summed E-state index contributed by atoms with van der Waals surface area (Å²) < 4.78 is 9.45. The van der Waals surface area contributed by atoms with Crippen molar-refractivity contribution in [2.45, 2.75) is 5.41 Å². The van der Waals surface area contributed by atoms with E-state index >= 15 is 0 Å². The molecular weight excluding hydrogens is 809 g/mol. The molecule has 65 heavy (non-hydrogen) atoms. The molecule has 4 heteroatoms. The molecular formula is C61H40N2OS. The van der Waals surface area contributed by atoms with Crippen molar-refractivity contribution >= 4 is 65.6 Å². The normalized spacial score (nSPS) is 12.9. The third-order valence-electron chi connectivity index (χ3n) is 13.3. The molecule has 1 aliphatic heterocycles. The van der Waals surface area contributed by atoms with Crippen LogP contribution in [0.5, 0.6) is 11.5 Å². The highest BCUT2D eigenvalue weighted by Gasteiger charge is 2.51. The van der Waals surface area contributed by atoms with Crippen LogP contribution in [0.2, 0.25) is 0 Å². The lowest BCUT2D eigenvalue weighted by Gasteiger charge is -2.40. The van der Waals surface area contributed by atoms with Crippen molar-refractivity contribution in [3.05, 3.63) is 265 Å². The van der Waals surface area contributed by atoms with Gasteiger partial charge in [0.25, 0.3) is 0 Å². The molecule has 0 bridgehead atoms. The minimum Gasteiger partial charge on any atom is -0.457 e. The number of nitrogens with zero attached hydrogens (tertiary/aromatic N) is 2. The Kier molecular flexibility index (Phi) is 8.62. The Morgan fingerprint density at radius 2 is 0.892 bits per heavy atom. The predicted molar refractivity (Wildman–Crippen MR) is 272 cm³/mol. The van der Waals surface area contributed by atoms with Crippen molar-refractivity contribution in [2.75, 3.05) is 9.80 Å². The Labute approximate surface area is 382 Å².